The van der Waals surface area contributed by atoms with Crippen molar-refractivity contribution in [2.45, 2.75) is 6.92 Å². The van der Waals surface area contributed by atoms with Gasteiger partial charge in [0.1, 0.15) is 5.82 Å². The molecule has 2 aromatic carbocycles. The Morgan fingerprint density at radius 3 is 2.55 bits per heavy atom. The van der Waals surface area contributed by atoms with E-state index >= 15 is 0 Å². The standard InChI is InChI=1S/C16H11ClFNO/c1-9-15(10-5-3-2-4-6-10)19-13-8-11(18)7-12(17)14(13)16(9)20/h2-8H,1H3,(H,19,20). The molecule has 0 aliphatic carbocycles. The Labute approximate surface area is 119 Å². The Morgan fingerprint density at radius 1 is 1.15 bits per heavy atom. The normalized spacial score (nSPS) is 10.9. The Hall–Kier alpha value is -2.13. The molecule has 0 spiro atoms. The lowest BCUT2D eigenvalue weighted by molar-refractivity contribution is 0.629. The molecule has 0 atom stereocenters. The average Bonchev–Trinajstić information content (AvgIpc) is 2.43. The zero-order valence-corrected chi connectivity index (χ0v) is 11.5. The first-order valence-corrected chi connectivity index (χ1v) is 6.53. The van der Waals surface area contributed by atoms with E-state index in [-0.39, 0.29) is 10.5 Å². The van der Waals surface area contributed by atoms with Gasteiger partial charge in [-0.25, -0.2) is 4.39 Å². The number of rotatable bonds is 1. The van der Waals surface area contributed by atoms with Crippen LogP contribution in [0.3, 0.4) is 0 Å². The third-order valence-electron chi connectivity index (χ3n) is 3.32. The minimum absolute atomic E-state index is 0.129. The first-order valence-electron chi connectivity index (χ1n) is 6.15. The zero-order valence-electron chi connectivity index (χ0n) is 10.7. The largest absolute Gasteiger partial charge is 0.354 e. The van der Waals surface area contributed by atoms with Crippen LogP contribution in [-0.2, 0) is 0 Å². The molecule has 0 radical (unpaired) electrons. The van der Waals surface area contributed by atoms with E-state index in [0.717, 1.165) is 11.6 Å². The predicted molar refractivity (Wildman–Crippen MR) is 79.7 cm³/mol. The minimum atomic E-state index is -0.471. The number of aromatic amines is 1. The predicted octanol–water partition coefficient (Wildman–Crippen LogP) is 4.30. The number of pyridine rings is 1. The average molecular weight is 288 g/mol. The third-order valence-corrected chi connectivity index (χ3v) is 3.62. The smallest absolute Gasteiger partial charge is 0.194 e. The number of halogens is 2. The number of fused-ring (bicyclic) bond motifs is 1. The van der Waals surface area contributed by atoms with Crippen molar-refractivity contribution < 1.29 is 4.39 Å². The molecule has 3 rings (SSSR count). The maximum Gasteiger partial charge on any atom is 0.194 e. The Kier molecular flexibility index (Phi) is 3.07. The molecule has 0 amide bonds. The summed E-state index contributed by atoms with van der Waals surface area (Å²) in [4.78, 5) is 15.5. The fourth-order valence-electron chi connectivity index (χ4n) is 2.33. The molecule has 0 saturated heterocycles. The van der Waals surface area contributed by atoms with Crippen LogP contribution in [0.4, 0.5) is 4.39 Å². The van der Waals surface area contributed by atoms with Crippen LogP contribution in [0.2, 0.25) is 5.02 Å². The van der Waals surface area contributed by atoms with E-state index in [0.29, 0.717) is 22.2 Å². The van der Waals surface area contributed by atoms with Crippen molar-refractivity contribution in [1.29, 1.82) is 0 Å². The summed E-state index contributed by atoms with van der Waals surface area (Å²) in [6.07, 6.45) is 0. The Bertz CT molecular complexity index is 856. The SMILES string of the molecule is Cc1c(-c2ccccc2)[nH]c2cc(F)cc(Cl)c2c1=O. The molecule has 2 nitrogen and oxygen atoms in total. The zero-order chi connectivity index (χ0) is 14.3. The van der Waals surface area contributed by atoms with Crippen LogP contribution in [0.1, 0.15) is 5.56 Å². The summed E-state index contributed by atoms with van der Waals surface area (Å²) in [7, 11) is 0. The van der Waals surface area contributed by atoms with Crippen molar-refractivity contribution in [3.05, 3.63) is 69.1 Å². The highest BCUT2D eigenvalue weighted by molar-refractivity contribution is 6.35. The topological polar surface area (TPSA) is 32.9 Å². The van der Waals surface area contributed by atoms with Crippen LogP contribution in [0.25, 0.3) is 22.2 Å². The van der Waals surface area contributed by atoms with Crippen molar-refractivity contribution >= 4 is 22.5 Å². The lowest BCUT2D eigenvalue weighted by Gasteiger charge is -2.09. The number of H-pyrrole nitrogens is 1. The molecule has 0 unspecified atom stereocenters. The second kappa shape index (κ2) is 4.76. The van der Waals surface area contributed by atoms with Gasteiger partial charge in [0.2, 0.25) is 0 Å². The summed E-state index contributed by atoms with van der Waals surface area (Å²) in [5.74, 6) is -0.471. The molecule has 0 aliphatic rings. The van der Waals surface area contributed by atoms with Gasteiger partial charge >= 0.3 is 0 Å². The van der Waals surface area contributed by atoms with Gasteiger partial charge in [0.15, 0.2) is 5.43 Å². The molecule has 0 fully saturated rings. The van der Waals surface area contributed by atoms with Gasteiger partial charge in [0.05, 0.1) is 21.6 Å². The monoisotopic (exact) mass is 287 g/mol. The van der Waals surface area contributed by atoms with E-state index in [1.807, 2.05) is 30.3 Å². The molecule has 1 N–H and O–H groups in total. The van der Waals surface area contributed by atoms with Crippen LogP contribution in [0, 0.1) is 12.7 Å². The van der Waals surface area contributed by atoms with E-state index < -0.39 is 5.82 Å². The van der Waals surface area contributed by atoms with Crippen LogP contribution in [-0.4, -0.2) is 4.98 Å². The van der Waals surface area contributed by atoms with E-state index in [1.54, 1.807) is 6.92 Å². The maximum atomic E-state index is 13.5. The fraction of sp³-hybridized carbons (Fsp3) is 0.0625. The molecule has 4 heteroatoms. The molecule has 0 aliphatic heterocycles. The van der Waals surface area contributed by atoms with Gasteiger partial charge in [-0.2, -0.15) is 0 Å². The van der Waals surface area contributed by atoms with Crippen molar-refractivity contribution in [2.75, 3.05) is 0 Å². The van der Waals surface area contributed by atoms with Crippen LogP contribution in [0.5, 0.6) is 0 Å². The summed E-state index contributed by atoms with van der Waals surface area (Å²) in [5.41, 5.74) is 2.36. The summed E-state index contributed by atoms with van der Waals surface area (Å²) in [5, 5.41) is 0.453. The maximum absolute atomic E-state index is 13.5. The molecule has 100 valence electrons. The molecular weight excluding hydrogens is 277 g/mol. The van der Waals surface area contributed by atoms with Gasteiger partial charge in [-0.1, -0.05) is 41.9 Å². The molecule has 1 aromatic heterocycles. The van der Waals surface area contributed by atoms with E-state index in [2.05, 4.69) is 4.98 Å². The number of hydrogen-bond donors (Lipinski definition) is 1. The highest BCUT2D eigenvalue weighted by atomic mass is 35.5. The van der Waals surface area contributed by atoms with Crippen molar-refractivity contribution in [2.24, 2.45) is 0 Å². The van der Waals surface area contributed by atoms with Crippen molar-refractivity contribution in [1.82, 2.24) is 4.98 Å². The molecular formula is C16H11ClFNO. The molecule has 1 heterocycles. The minimum Gasteiger partial charge on any atom is -0.354 e. The van der Waals surface area contributed by atoms with E-state index in [9.17, 15) is 9.18 Å². The van der Waals surface area contributed by atoms with Gasteiger partial charge in [-0.3, -0.25) is 4.79 Å². The van der Waals surface area contributed by atoms with E-state index in [1.165, 1.54) is 6.07 Å². The highest BCUT2D eigenvalue weighted by Gasteiger charge is 2.13. The van der Waals surface area contributed by atoms with Gasteiger partial charge in [-0.15, -0.1) is 0 Å². The summed E-state index contributed by atoms with van der Waals surface area (Å²) in [6, 6.07) is 11.9. The Balaban J connectivity index is 2.42. The van der Waals surface area contributed by atoms with Gasteiger partial charge in [0.25, 0.3) is 0 Å². The molecule has 20 heavy (non-hydrogen) atoms. The van der Waals surface area contributed by atoms with Crippen molar-refractivity contribution in [3.8, 4) is 11.3 Å². The second-order valence-corrected chi connectivity index (χ2v) is 5.04. The summed E-state index contributed by atoms with van der Waals surface area (Å²) >= 11 is 5.98. The molecule has 0 bridgehead atoms. The molecule has 0 saturated carbocycles. The van der Waals surface area contributed by atoms with Gasteiger partial charge < -0.3 is 4.98 Å². The Morgan fingerprint density at radius 2 is 1.85 bits per heavy atom. The third kappa shape index (κ3) is 2.00. The van der Waals surface area contributed by atoms with Crippen LogP contribution >= 0.6 is 11.6 Å². The van der Waals surface area contributed by atoms with Gasteiger partial charge in [-0.05, 0) is 24.6 Å². The van der Waals surface area contributed by atoms with Crippen molar-refractivity contribution in [3.63, 3.8) is 0 Å². The lowest BCUT2D eigenvalue weighted by atomic mass is 10.0. The first kappa shape index (κ1) is 12.9. The van der Waals surface area contributed by atoms with Crippen LogP contribution < -0.4 is 5.43 Å². The quantitative estimate of drug-likeness (QED) is 0.711. The number of aromatic nitrogens is 1. The summed E-state index contributed by atoms with van der Waals surface area (Å²) < 4.78 is 13.5. The number of benzene rings is 2. The van der Waals surface area contributed by atoms with Crippen LogP contribution in [0.15, 0.2) is 47.3 Å². The van der Waals surface area contributed by atoms with Gasteiger partial charge in [0, 0.05) is 5.56 Å². The lowest BCUT2D eigenvalue weighted by Crippen LogP contribution is -2.10. The van der Waals surface area contributed by atoms with E-state index in [4.69, 9.17) is 11.6 Å². The highest BCUT2D eigenvalue weighted by Crippen LogP contribution is 2.26. The first-order chi connectivity index (χ1) is 9.58. The number of hydrogen-bond acceptors (Lipinski definition) is 1. The molecule has 3 aromatic rings. The number of nitrogens with one attached hydrogen (secondary N) is 1. The summed E-state index contributed by atoms with van der Waals surface area (Å²) in [6.45, 7) is 1.74. The fourth-order valence-corrected chi connectivity index (χ4v) is 2.62. The second-order valence-electron chi connectivity index (χ2n) is 4.63.